The number of carbonyl (C=O) groups excluding carboxylic acids is 1. The highest BCUT2D eigenvalue weighted by molar-refractivity contribution is 5.87. The van der Waals surface area contributed by atoms with E-state index in [1.54, 1.807) is 38.4 Å². The van der Waals surface area contributed by atoms with Crippen LogP contribution in [0.25, 0.3) is 17.0 Å². The van der Waals surface area contributed by atoms with E-state index in [1.807, 2.05) is 19.1 Å². The molecule has 0 radical (unpaired) electrons. The fourth-order valence-electron chi connectivity index (χ4n) is 4.31. The fraction of sp³-hybridized carbons (Fsp3) is 0.370. The molecule has 0 fully saturated rings. The van der Waals surface area contributed by atoms with Crippen LogP contribution >= 0.6 is 0 Å². The van der Waals surface area contributed by atoms with Gasteiger partial charge < -0.3 is 24.1 Å². The maximum Gasteiger partial charge on any atom is 0.322 e. The molecule has 1 aromatic heterocycles. The number of amides is 2. The summed E-state index contributed by atoms with van der Waals surface area (Å²) in [4.78, 5) is 19.5. The average molecular weight is 493 g/mol. The molecule has 0 aliphatic carbocycles. The van der Waals surface area contributed by atoms with Crippen molar-refractivity contribution in [2.75, 3.05) is 34.5 Å². The van der Waals surface area contributed by atoms with Gasteiger partial charge in [-0.25, -0.2) is 4.79 Å². The highest BCUT2D eigenvalue weighted by Gasteiger charge is 2.35. The normalized spacial score (nSPS) is 15.8. The molecule has 9 heteroatoms. The second kappa shape index (κ2) is 10.8. The number of methoxy groups -OCH3 is 3. The van der Waals surface area contributed by atoms with E-state index in [0.29, 0.717) is 42.8 Å². The van der Waals surface area contributed by atoms with Gasteiger partial charge in [-0.05, 0) is 62.1 Å². The van der Waals surface area contributed by atoms with E-state index >= 15 is 0 Å². The monoisotopic (exact) mass is 492 g/mol. The van der Waals surface area contributed by atoms with E-state index in [1.165, 1.54) is 5.56 Å². The second-order valence-electron chi connectivity index (χ2n) is 8.72. The van der Waals surface area contributed by atoms with Crippen molar-refractivity contribution in [3.63, 3.8) is 0 Å². The number of ether oxygens (including phenoxy) is 3. The molecule has 190 valence electrons. The largest absolute Gasteiger partial charge is 0.493 e. The molecule has 0 saturated carbocycles. The summed E-state index contributed by atoms with van der Waals surface area (Å²) in [6.07, 6.45) is 0.698. The molecular formula is C27H32N4O5. The zero-order valence-corrected chi connectivity index (χ0v) is 21.5. The van der Waals surface area contributed by atoms with Gasteiger partial charge in [0.05, 0.1) is 25.8 Å². The minimum atomic E-state index is -0.436. The topological polar surface area (TPSA) is 99.0 Å². The molecule has 1 aliphatic heterocycles. The van der Waals surface area contributed by atoms with Gasteiger partial charge in [0.2, 0.25) is 5.82 Å². The van der Waals surface area contributed by atoms with Gasteiger partial charge in [0, 0.05) is 31.5 Å². The summed E-state index contributed by atoms with van der Waals surface area (Å²) in [5.41, 5.74) is 5.51. The Balaban J connectivity index is 1.78. The van der Waals surface area contributed by atoms with Crippen molar-refractivity contribution in [1.82, 2.24) is 20.4 Å². The Morgan fingerprint density at radius 3 is 2.47 bits per heavy atom. The standard InChI is InChI=1S/C27H32N4O5/c1-16-8-9-19(14-17(16)2)24-23(18(3)31(27(32)28-24)12-7-13-33-4)26-29-25(30-36-26)20-10-11-21(34-5)22(15-20)35-6/h8-11,14-15,24H,7,12-13H2,1-6H3,(H,28,32). The molecular weight excluding hydrogens is 460 g/mol. The predicted molar refractivity (Wildman–Crippen MR) is 136 cm³/mol. The van der Waals surface area contributed by atoms with Crippen molar-refractivity contribution in [3.8, 4) is 22.9 Å². The molecule has 4 rings (SSSR count). The van der Waals surface area contributed by atoms with Gasteiger partial charge >= 0.3 is 6.03 Å². The van der Waals surface area contributed by atoms with E-state index in [-0.39, 0.29) is 6.03 Å². The lowest BCUT2D eigenvalue weighted by atomic mass is 9.92. The van der Waals surface area contributed by atoms with Gasteiger partial charge in [-0.2, -0.15) is 4.98 Å². The summed E-state index contributed by atoms with van der Waals surface area (Å²) < 4.78 is 21.7. The van der Waals surface area contributed by atoms with Gasteiger partial charge in [-0.15, -0.1) is 0 Å². The zero-order chi connectivity index (χ0) is 25.8. The van der Waals surface area contributed by atoms with Crippen molar-refractivity contribution < 1.29 is 23.5 Å². The number of aromatic nitrogens is 2. The third-order valence-electron chi connectivity index (χ3n) is 6.49. The SMILES string of the molecule is COCCCN1C(=O)NC(c2ccc(C)c(C)c2)C(c2nc(-c3ccc(OC)c(OC)c3)no2)=C1C. The van der Waals surface area contributed by atoms with Gasteiger partial charge in [-0.1, -0.05) is 23.4 Å². The first-order valence-electron chi connectivity index (χ1n) is 11.8. The average Bonchev–Trinajstić information content (AvgIpc) is 3.36. The number of rotatable bonds is 9. The lowest BCUT2D eigenvalue weighted by Crippen LogP contribution is -2.46. The molecule has 1 unspecified atom stereocenters. The third-order valence-corrected chi connectivity index (χ3v) is 6.49. The molecule has 3 aromatic rings. The summed E-state index contributed by atoms with van der Waals surface area (Å²) in [5.74, 6) is 1.93. The first-order chi connectivity index (χ1) is 17.4. The van der Waals surface area contributed by atoms with Gasteiger partial charge in [0.25, 0.3) is 5.89 Å². The van der Waals surface area contributed by atoms with Crippen LogP contribution in [0.4, 0.5) is 4.79 Å². The second-order valence-corrected chi connectivity index (χ2v) is 8.72. The molecule has 0 saturated heterocycles. The summed E-state index contributed by atoms with van der Waals surface area (Å²) in [5, 5.41) is 7.38. The van der Waals surface area contributed by atoms with E-state index in [9.17, 15) is 4.79 Å². The Kier molecular flexibility index (Phi) is 7.59. The van der Waals surface area contributed by atoms with Crippen LogP contribution in [-0.2, 0) is 4.74 Å². The minimum absolute atomic E-state index is 0.171. The van der Waals surface area contributed by atoms with Crippen molar-refractivity contribution in [1.29, 1.82) is 0 Å². The highest BCUT2D eigenvalue weighted by atomic mass is 16.5. The molecule has 0 bridgehead atoms. The molecule has 2 aromatic carbocycles. The van der Waals surface area contributed by atoms with Crippen LogP contribution in [0.15, 0.2) is 46.6 Å². The van der Waals surface area contributed by atoms with Crippen molar-refractivity contribution in [3.05, 3.63) is 64.7 Å². The number of nitrogens with zero attached hydrogens (tertiary/aromatic N) is 3. The first kappa shape index (κ1) is 25.2. The van der Waals surface area contributed by atoms with E-state index in [2.05, 4.69) is 36.5 Å². The Morgan fingerprint density at radius 2 is 1.78 bits per heavy atom. The third kappa shape index (κ3) is 4.92. The Labute approximate surface area is 211 Å². The molecule has 0 spiro atoms. The number of hydrogen-bond donors (Lipinski definition) is 1. The smallest absolute Gasteiger partial charge is 0.322 e. The molecule has 9 nitrogen and oxygen atoms in total. The van der Waals surface area contributed by atoms with E-state index < -0.39 is 6.04 Å². The molecule has 2 heterocycles. The van der Waals surface area contributed by atoms with E-state index in [4.69, 9.17) is 23.7 Å². The number of carbonyl (C=O) groups is 1. The zero-order valence-electron chi connectivity index (χ0n) is 21.5. The Hall–Kier alpha value is -3.85. The van der Waals surface area contributed by atoms with Gasteiger partial charge in [-0.3, -0.25) is 4.90 Å². The summed E-state index contributed by atoms with van der Waals surface area (Å²) in [7, 11) is 4.81. The van der Waals surface area contributed by atoms with Crippen molar-refractivity contribution in [2.24, 2.45) is 0 Å². The van der Waals surface area contributed by atoms with Crippen LogP contribution in [-0.4, -0.2) is 55.6 Å². The van der Waals surface area contributed by atoms with Crippen LogP contribution in [0.2, 0.25) is 0 Å². The Bertz CT molecular complexity index is 1280. The maximum absolute atomic E-state index is 13.1. The molecule has 36 heavy (non-hydrogen) atoms. The highest BCUT2D eigenvalue weighted by Crippen LogP contribution is 2.38. The fourth-order valence-corrected chi connectivity index (χ4v) is 4.31. The number of allylic oxidation sites excluding steroid dienone is 1. The predicted octanol–water partition coefficient (Wildman–Crippen LogP) is 4.90. The molecule has 1 atom stereocenters. The summed E-state index contributed by atoms with van der Waals surface area (Å²) in [6.45, 7) is 7.08. The van der Waals surface area contributed by atoms with Crippen LogP contribution < -0.4 is 14.8 Å². The van der Waals surface area contributed by atoms with Crippen molar-refractivity contribution in [2.45, 2.75) is 33.2 Å². The number of benzene rings is 2. The molecule has 2 amide bonds. The van der Waals surface area contributed by atoms with Crippen LogP contribution in [0.1, 0.15) is 42.0 Å². The maximum atomic E-state index is 13.1. The number of urea groups is 1. The number of aryl methyl sites for hydroxylation is 2. The van der Waals surface area contributed by atoms with Crippen LogP contribution in [0.3, 0.4) is 0 Å². The number of nitrogens with one attached hydrogen (secondary N) is 1. The number of hydrogen-bond acceptors (Lipinski definition) is 7. The molecule has 1 N–H and O–H groups in total. The quantitative estimate of drug-likeness (QED) is 0.424. The van der Waals surface area contributed by atoms with Crippen LogP contribution in [0, 0.1) is 13.8 Å². The lowest BCUT2D eigenvalue weighted by molar-refractivity contribution is 0.174. The summed E-state index contributed by atoms with van der Waals surface area (Å²) in [6, 6.07) is 11.0. The van der Waals surface area contributed by atoms with E-state index in [0.717, 1.165) is 28.0 Å². The lowest BCUT2D eigenvalue weighted by Gasteiger charge is -2.35. The first-order valence-corrected chi connectivity index (χ1v) is 11.8. The molecule has 1 aliphatic rings. The minimum Gasteiger partial charge on any atom is -0.493 e. The van der Waals surface area contributed by atoms with Gasteiger partial charge in [0.15, 0.2) is 11.5 Å². The summed E-state index contributed by atoms with van der Waals surface area (Å²) >= 11 is 0. The Morgan fingerprint density at radius 1 is 1.00 bits per heavy atom. The van der Waals surface area contributed by atoms with Crippen LogP contribution in [0.5, 0.6) is 11.5 Å². The van der Waals surface area contributed by atoms with Crippen molar-refractivity contribution >= 4 is 11.6 Å². The van der Waals surface area contributed by atoms with Gasteiger partial charge in [0.1, 0.15) is 0 Å².